The van der Waals surface area contributed by atoms with E-state index in [4.69, 9.17) is 5.11 Å². The fourth-order valence-corrected chi connectivity index (χ4v) is 3.92. The predicted molar refractivity (Wildman–Crippen MR) is 84.3 cm³/mol. The normalized spacial score (nSPS) is 23.2. The molecule has 4 rings (SSSR count). The lowest BCUT2D eigenvalue weighted by atomic mass is 9.95. The summed E-state index contributed by atoms with van der Waals surface area (Å²) < 4.78 is 0. The van der Waals surface area contributed by atoms with Crippen LogP contribution in [0.1, 0.15) is 17.7 Å². The number of para-hydroxylation sites is 1. The fraction of sp³-hybridized carbons (Fsp3) is 0.529. The van der Waals surface area contributed by atoms with E-state index in [0.29, 0.717) is 12.6 Å². The van der Waals surface area contributed by atoms with Crippen LogP contribution in [0.25, 0.3) is 10.9 Å². The van der Waals surface area contributed by atoms with E-state index in [9.17, 15) is 0 Å². The van der Waals surface area contributed by atoms with Crippen molar-refractivity contribution in [3.05, 3.63) is 35.5 Å². The second kappa shape index (κ2) is 5.44. The number of nitrogens with one attached hydrogen (secondary N) is 1. The van der Waals surface area contributed by atoms with Crippen LogP contribution in [0.15, 0.2) is 24.3 Å². The Bertz CT molecular complexity index is 636. The molecular weight excluding hydrogens is 262 g/mol. The summed E-state index contributed by atoms with van der Waals surface area (Å²) in [5.41, 5.74) is 4.21. The lowest BCUT2D eigenvalue weighted by Gasteiger charge is -2.44. The van der Waals surface area contributed by atoms with Crippen molar-refractivity contribution in [2.45, 2.75) is 25.4 Å². The molecule has 3 heterocycles. The number of nitrogens with zero attached hydrogens (tertiary/aromatic N) is 2. The summed E-state index contributed by atoms with van der Waals surface area (Å²) in [6.45, 7) is 5.80. The molecule has 112 valence electrons. The fourth-order valence-electron chi connectivity index (χ4n) is 3.92. The second-order valence-electron chi connectivity index (χ2n) is 6.33. The quantitative estimate of drug-likeness (QED) is 0.900. The molecule has 0 aliphatic carbocycles. The molecule has 1 aromatic carbocycles. The summed E-state index contributed by atoms with van der Waals surface area (Å²) >= 11 is 0. The van der Waals surface area contributed by atoms with Crippen LogP contribution in [-0.4, -0.2) is 58.7 Å². The topological polar surface area (TPSA) is 42.5 Å². The van der Waals surface area contributed by atoms with E-state index in [0.717, 1.165) is 45.6 Å². The van der Waals surface area contributed by atoms with Crippen molar-refractivity contribution in [3.63, 3.8) is 0 Å². The summed E-state index contributed by atoms with van der Waals surface area (Å²) in [6.07, 6.45) is 2.04. The molecule has 0 bridgehead atoms. The van der Waals surface area contributed by atoms with Crippen molar-refractivity contribution in [2.24, 2.45) is 0 Å². The number of aromatic nitrogens is 1. The Kier molecular flexibility index (Phi) is 3.45. The molecular formula is C17H23N3O. The highest BCUT2D eigenvalue weighted by atomic mass is 16.3. The number of benzene rings is 1. The largest absolute Gasteiger partial charge is 0.396 e. The first-order chi connectivity index (χ1) is 10.3. The summed E-state index contributed by atoms with van der Waals surface area (Å²) in [4.78, 5) is 8.74. The second-order valence-corrected chi connectivity index (χ2v) is 6.33. The number of H-pyrrole nitrogens is 1. The lowest BCUT2D eigenvalue weighted by molar-refractivity contribution is 0.0568. The Morgan fingerprint density at radius 1 is 1.24 bits per heavy atom. The summed E-state index contributed by atoms with van der Waals surface area (Å²) in [6, 6.07) is 9.29. The molecule has 0 spiro atoms. The van der Waals surface area contributed by atoms with Crippen LogP contribution in [0.2, 0.25) is 0 Å². The number of hydrogen-bond donors (Lipinski definition) is 2. The van der Waals surface area contributed by atoms with E-state index in [-0.39, 0.29) is 0 Å². The zero-order valence-electron chi connectivity index (χ0n) is 12.4. The van der Waals surface area contributed by atoms with Crippen LogP contribution >= 0.6 is 0 Å². The van der Waals surface area contributed by atoms with Gasteiger partial charge in [0.25, 0.3) is 0 Å². The van der Waals surface area contributed by atoms with Crippen LogP contribution in [0.3, 0.4) is 0 Å². The number of aromatic amines is 1. The van der Waals surface area contributed by atoms with Crippen molar-refractivity contribution >= 4 is 10.9 Å². The molecule has 1 aromatic heterocycles. The number of aliphatic hydroxyl groups excluding tert-OH is 1. The number of rotatable bonds is 3. The molecule has 4 heteroatoms. The van der Waals surface area contributed by atoms with Gasteiger partial charge in [0.15, 0.2) is 0 Å². The maximum Gasteiger partial charge on any atom is 0.0459 e. The highest BCUT2D eigenvalue weighted by Crippen LogP contribution is 2.31. The van der Waals surface area contributed by atoms with Crippen LogP contribution in [0.4, 0.5) is 0 Å². The summed E-state index contributed by atoms with van der Waals surface area (Å²) in [5, 5.41) is 10.4. The van der Waals surface area contributed by atoms with Crippen molar-refractivity contribution in [1.82, 2.24) is 14.8 Å². The Morgan fingerprint density at radius 3 is 3.05 bits per heavy atom. The van der Waals surface area contributed by atoms with Crippen molar-refractivity contribution in [1.29, 1.82) is 0 Å². The van der Waals surface area contributed by atoms with E-state index in [2.05, 4.69) is 39.0 Å². The van der Waals surface area contributed by atoms with Crippen LogP contribution in [-0.2, 0) is 13.0 Å². The van der Waals surface area contributed by atoms with E-state index in [1.54, 1.807) is 0 Å². The minimum absolute atomic E-state index is 0.303. The first-order valence-corrected chi connectivity index (χ1v) is 8.01. The van der Waals surface area contributed by atoms with Crippen molar-refractivity contribution < 1.29 is 5.11 Å². The number of piperazine rings is 1. The molecule has 2 aliphatic heterocycles. The maximum absolute atomic E-state index is 9.01. The van der Waals surface area contributed by atoms with Gasteiger partial charge in [0, 0.05) is 62.0 Å². The molecule has 0 radical (unpaired) electrons. The third-order valence-electron chi connectivity index (χ3n) is 5.02. The Labute approximate surface area is 125 Å². The van der Waals surface area contributed by atoms with Gasteiger partial charge in [0.2, 0.25) is 0 Å². The lowest BCUT2D eigenvalue weighted by Crippen LogP contribution is -2.55. The highest BCUT2D eigenvalue weighted by Gasteiger charge is 2.32. The average Bonchev–Trinajstić information content (AvgIpc) is 2.88. The number of hydrogen-bond acceptors (Lipinski definition) is 3. The van der Waals surface area contributed by atoms with Gasteiger partial charge in [0.05, 0.1) is 0 Å². The molecule has 1 unspecified atom stereocenters. The van der Waals surface area contributed by atoms with E-state index < -0.39 is 0 Å². The zero-order valence-corrected chi connectivity index (χ0v) is 12.4. The molecule has 21 heavy (non-hydrogen) atoms. The number of fused-ring (bicyclic) bond motifs is 4. The minimum Gasteiger partial charge on any atom is -0.396 e. The van der Waals surface area contributed by atoms with Gasteiger partial charge in [0.1, 0.15) is 0 Å². The number of aliphatic hydroxyl groups is 1. The maximum atomic E-state index is 9.01. The van der Waals surface area contributed by atoms with Gasteiger partial charge in [-0.15, -0.1) is 0 Å². The van der Waals surface area contributed by atoms with E-state index in [1.807, 2.05) is 0 Å². The standard InChI is InChI=1S/C17H23N3O/c21-9-3-6-19-7-8-20-12-17-15(10-13(20)11-19)14-4-1-2-5-16(14)18-17/h1-2,4-5,13,18,21H,3,6-12H2. The van der Waals surface area contributed by atoms with E-state index >= 15 is 0 Å². The third-order valence-corrected chi connectivity index (χ3v) is 5.02. The Balaban J connectivity index is 1.57. The van der Waals surface area contributed by atoms with E-state index in [1.165, 1.54) is 22.2 Å². The van der Waals surface area contributed by atoms with Crippen molar-refractivity contribution in [2.75, 3.05) is 32.8 Å². The Morgan fingerprint density at radius 2 is 2.14 bits per heavy atom. The SMILES string of the molecule is OCCCN1CCN2Cc3[nH]c4ccccc4c3CC2C1. The molecule has 2 aromatic rings. The zero-order chi connectivity index (χ0) is 14.2. The predicted octanol–water partition coefficient (Wildman–Crippen LogP) is 1.59. The van der Waals surface area contributed by atoms with Gasteiger partial charge in [-0.2, -0.15) is 0 Å². The van der Waals surface area contributed by atoms with Crippen LogP contribution < -0.4 is 0 Å². The average molecular weight is 285 g/mol. The van der Waals surface area contributed by atoms with Gasteiger partial charge in [-0.25, -0.2) is 0 Å². The summed E-state index contributed by atoms with van der Waals surface area (Å²) in [7, 11) is 0. The van der Waals surface area contributed by atoms with Gasteiger partial charge in [-0.1, -0.05) is 18.2 Å². The molecule has 4 nitrogen and oxygen atoms in total. The molecule has 1 atom stereocenters. The monoisotopic (exact) mass is 285 g/mol. The Hall–Kier alpha value is -1.36. The molecule has 1 fully saturated rings. The van der Waals surface area contributed by atoms with Crippen LogP contribution in [0.5, 0.6) is 0 Å². The van der Waals surface area contributed by atoms with Gasteiger partial charge >= 0.3 is 0 Å². The van der Waals surface area contributed by atoms with Gasteiger partial charge < -0.3 is 15.0 Å². The molecule has 0 saturated carbocycles. The smallest absolute Gasteiger partial charge is 0.0459 e. The van der Waals surface area contributed by atoms with Crippen LogP contribution in [0, 0.1) is 0 Å². The third kappa shape index (κ3) is 2.37. The highest BCUT2D eigenvalue weighted by molar-refractivity contribution is 5.84. The van der Waals surface area contributed by atoms with Crippen molar-refractivity contribution in [3.8, 4) is 0 Å². The van der Waals surface area contributed by atoms with Gasteiger partial charge in [-0.05, 0) is 24.5 Å². The van der Waals surface area contributed by atoms with Gasteiger partial charge in [-0.3, -0.25) is 4.90 Å². The molecule has 1 saturated heterocycles. The summed E-state index contributed by atoms with van der Waals surface area (Å²) in [5.74, 6) is 0. The minimum atomic E-state index is 0.303. The first-order valence-electron chi connectivity index (χ1n) is 8.01. The first kappa shape index (κ1) is 13.3. The molecule has 0 amide bonds. The molecule has 2 aliphatic rings. The molecule has 2 N–H and O–H groups in total.